The molecule has 0 bridgehead atoms. The van der Waals surface area contributed by atoms with Gasteiger partial charge in [0.25, 0.3) is 5.91 Å². The van der Waals surface area contributed by atoms with E-state index in [0.29, 0.717) is 6.04 Å². The maximum absolute atomic E-state index is 12.7. The molecule has 4 nitrogen and oxygen atoms in total. The van der Waals surface area contributed by atoms with Crippen LogP contribution in [-0.4, -0.2) is 16.9 Å². The summed E-state index contributed by atoms with van der Waals surface area (Å²) in [6.45, 7) is 6.07. The summed E-state index contributed by atoms with van der Waals surface area (Å²) in [5.74, 6) is 0.0237. The van der Waals surface area contributed by atoms with Crippen LogP contribution in [0, 0.1) is 20.8 Å². The first kappa shape index (κ1) is 17.9. The Morgan fingerprint density at radius 2 is 1.84 bits per heavy atom. The lowest BCUT2D eigenvalue weighted by Gasteiger charge is -2.15. The van der Waals surface area contributed by atoms with Crippen LogP contribution in [-0.2, 0) is 0 Å². The summed E-state index contributed by atoms with van der Waals surface area (Å²) in [7, 11) is 0. The molecule has 0 unspecified atom stereocenters. The SMILES string of the molecule is Cc1ccc(Nc2nc(C)c(C(=O)NC3CCCCCC3)s2)c(C)c1. The number of nitrogens with zero attached hydrogens (tertiary/aromatic N) is 1. The van der Waals surface area contributed by atoms with E-state index >= 15 is 0 Å². The van der Waals surface area contributed by atoms with E-state index in [1.165, 1.54) is 48.1 Å². The van der Waals surface area contributed by atoms with Crippen molar-refractivity contribution in [3.63, 3.8) is 0 Å². The third-order valence-electron chi connectivity index (χ3n) is 4.82. The van der Waals surface area contributed by atoms with E-state index < -0.39 is 0 Å². The molecule has 1 aliphatic carbocycles. The molecular weight excluding hydrogens is 330 g/mol. The number of rotatable bonds is 4. The molecule has 3 rings (SSSR count). The highest BCUT2D eigenvalue weighted by Gasteiger charge is 2.20. The summed E-state index contributed by atoms with van der Waals surface area (Å²) in [6, 6.07) is 6.59. The normalized spacial score (nSPS) is 15.6. The highest BCUT2D eigenvalue weighted by Crippen LogP contribution is 2.28. The number of anilines is 2. The Hall–Kier alpha value is -1.88. The van der Waals surface area contributed by atoms with Crippen LogP contribution in [0.3, 0.4) is 0 Å². The minimum Gasteiger partial charge on any atom is -0.349 e. The molecule has 134 valence electrons. The Morgan fingerprint density at radius 3 is 2.52 bits per heavy atom. The van der Waals surface area contributed by atoms with Gasteiger partial charge in [0, 0.05) is 11.7 Å². The molecular formula is C20H27N3OS. The molecule has 1 aliphatic rings. The third-order valence-corrected chi connectivity index (χ3v) is 5.89. The fourth-order valence-corrected chi connectivity index (χ4v) is 4.29. The summed E-state index contributed by atoms with van der Waals surface area (Å²) < 4.78 is 0. The standard InChI is InChI=1S/C20H27N3OS/c1-13-10-11-17(14(2)12-13)23-20-21-15(3)18(25-20)19(24)22-16-8-6-4-5-7-9-16/h10-12,16H,4-9H2,1-3H3,(H,21,23)(H,22,24). The van der Waals surface area contributed by atoms with Crippen molar-refractivity contribution >= 4 is 28.1 Å². The molecule has 1 aromatic heterocycles. The summed E-state index contributed by atoms with van der Waals surface area (Å²) in [4.78, 5) is 17.9. The van der Waals surface area contributed by atoms with E-state index in [4.69, 9.17) is 0 Å². The Balaban J connectivity index is 1.69. The molecule has 1 aromatic carbocycles. The molecule has 25 heavy (non-hydrogen) atoms. The Bertz CT molecular complexity index is 745. The van der Waals surface area contributed by atoms with Crippen molar-refractivity contribution in [1.29, 1.82) is 0 Å². The monoisotopic (exact) mass is 357 g/mol. The molecule has 1 fully saturated rings. The number of carbonyl (C=O) groups excluding carboxylic acids is 1. The van der Waals surface area contributed by atoms with Crippen LogP contribution in [0.15, 0.2) is 18.2 Å². The first-order chi connectivity index (χ1) is 12.0. The average Bonchev–Trinajstić information content (AvgIpc) is 2.76. The van der Waals surface area contributed by atoms with Crippen LogP contribution in [0.5, 0.6) is 0 Å². The van der Waals surface area contributed by atoms with Gasteiger partial charge in [-0.2, -0.15) is 0 Å². The Kier molecular flexibility index (Phi) is 5.74. The lowest BCUT2D eigenvalue weighted by Crippen LogP contribution is -2.34. The zero-order valence-corrected chi connectivity index (χ0v) is 16.1. The number of carbonyl (C=O) groups is 1. The fraction of sp³-hybridized carbons (Fsp3) is 0.500. The highest BCUT2D eigenvalue weighted by atomic mass is 32.1. The number of hydrogen-bond donors (Lipinski definition) is 2. The van der Waals surface area contributed by atoms with Gasteiger partial charge in [0.15, 0.2) is 5.13 Å². The lowest BCUT2D eigenvalue weighted by atomic mass is 10.1. The largest absolute Gasteiger partial charge is 0.349 e. The van der Waals surface area contributed by atoms with Crippen molar-refractivity contribution in [2.24, 2.45) is 0 Å². The number of thiazole rings is 1. The molecule has 0 saturated heterocycles. The molecule has 1 heterocycles. The van der Waals surface area contributed by atoms with E-state index in [-0.39, 0.29) is 5.91 Å². The summed E-state index contributed by atoms with van der Waals surface area (Å²) in [6.07, 6.45) is 7.19. The number of nitrogens with one attached hydrogen (secondary N) is 2. The van der Waals surface area contributed by atoms with Crippen molar-refractivity contribution in [3.05, 3.63) is 39.9 Å². The minimum absolute atomic E-state index is 0.0237. The van der Waals surface area contributed by atoms with Gasteiger partial charge in [-0.3, -0.25) is 4.79 Å². The van der Waals surface area contributed by atoms with Crippen molar-refractivity contribution in [2.45, 2.75) is 65.3 Å². The van der Waals surface area contributed by atoms with Crippen LogP contribution >= 0.6 is 11.3 Å². The van der Waals surface area contributed by atoms with Crippen molar-refractivity contribution in [3.8, 4) is 0 Å². The maximum Gasteiger partial charge on any atom is 0.263 e. The summed E-state index contributed by atoms with van der Waals surface area (Å²) in [5, 5.41) is 7.35. The first-order valence-corrected chi connectivity index (χ1v) is 9.97. The van der Waals surface area contributed by atoms with Gasteiger partial charge in [0.1, 0.15) is 4.88 Å². The van der Waals surface area contributed by atoms with Gasteiger partial charge in [-0.25, -0.2) is 4.98 Å². The quantitative estimate of drug-likeness (QED) is 0.733. The summed E-state index contributed by atoms with van der Waals surface area (Å²) in [5.41, 5.74) is 4.25. The van der Waals surface area contributed by atoms with Crippen LogP contribution in [0.2, 0.25) is 0 Å². The van der Waals surface area contributed by atoms with Crippen molar-refractivity contribution in [2.75, 3.05) is 5.32 Å². The molecule has 2 aromatic rings. The van der Waals surface area contributed by atoms with Gasteiger partial charge in [-0.1, -0.05) is 54.7 Å². The van der Waals surface area contributed by atoms with Gasteiger partial charge < -0.3 is 10.6 Å². The fourth-order valence-electron chi connectivity index (χ4n) is 3.40. The van der Waals surface area contributed by atoms with Crippen LogP contribution < -0.4 is 10.6 Å². The number of benzene rings is 1. The predicted octanol–water partition coefficient (Wildman–Crippen LogP) is 5.26. The number of amides is 1. The number of aryl methyl sites for hydroxylation is 3. The predicted molar refractivity (Wildman–Crippen MR) is 105 cm³/mol. The highest BCUT2D eigenvalue weighted by molar-refractivity contribution is 7.17. The molecule has 1 amide bonds. The second-order valence-electron chi connectivity index (χ2n) is 7.04. The first-order valence-electron chi connectivity index (χ1n) is 9.15. The van der Waals surface area contributed by atoms with E-state index in [1.54, 1.807) is 0 Å². The van der Waals surface area contributed by atoms with E-state index in [1.807, 2.05) is 6.92 Å². The molecule has 5 heteroatoms. The molecule has 0 radical (unpaired) electrons. The molecule has 0 spiro atoms. The topological polar surface area (TPSA) is 54.0 Å². The maximum atomic E-state index is 12.7. The second-order valence-corrected chi connectivity index (χ2v) is 8.04. The van der Waals surface area contributed by atoms with Crippen LogP contribution in [0.4, 0.5) is 10.8 Å². The lowest BCUT2D eigenvalue weighted by molar-refractivity contribution is 0.0936. The third kappa shape index (κ3) is 4.60. The van der Waals surface area contributed by atoms with E-state index in [0.717, 1.165) is 34.2 Å². The minimum atomic E-state index is 0.0237. The second kappa shape index (κ2) is 8.00. The zero-order valence-electron chi connectivity index (χ0n) is 15.3. The number of hydrogen-bond acceptors (Lipinski definition) is 4. The molecule has 0 aliphatic heterocycles. The molecule has 2 N–H and O–H groups in total. The van der Waals surface area contributed by atoms with E-state index in [9.17, 15) is 4.79 Å². The van der Waals surface area contributed by atoms with E-state index in [2.05, 4.69) is 47.7 Å². The van der Waals surface area contributed by atoms with Gasteiger partial charge in [0.2, 0.25) is 0 Å². The van der Waals surface area contributed by atoms with Crippen molar-refractivity contribution in [1.82, 2.24) is 10.3 Å². The van der Waals surface area contributed by atoms with Crippen LogP contribution in [0.1, 0.15) is 65.0 Å². The average molecular weight is 358 g/mol. The number of aromatic nitrogens is 1. The smallest absolute Gasteiger partial charge is 0.263 e. The van der Waals surface area contributed by atoms with Gasteiger partial charge in [-0.15, -0.1) is 0 Å². The zero-order chi connectivity index (χ0) is 17.8. The van der Waals surface area contributed by atoms with Gasteiger partial charge >= 0.3 is 0 Å². The summed E-state index contributed by atoms with van der Waals surface area (Å²) >= 11 is 1.43. The molecule has 1 saturated carbocycles. The molecule has 0 atom stereocenters. The van der Waals surface area contributed by atoms with Crippen LogP contribution in [0.25, 0.3) is 0 Å². The van der Waals surface area contributed by atoms with Gasteiger partial charge in [0.05, 0.1) is 5.69 Å². The van der Waals surface area contributed by atoms with Gasteiger partial charge in [-0.05, 0) is 45.2 Å². The van der Waals surface area contributed by atoms with Crippen molar-refractivity contribution < 1.29 is 4.79 Å². The Morgan fingerprint density at radius 1 is 1.12 bits per heavy atom. The Labute approximate surface area is 154 Å².